The van der Waals surface area contributed by atoms with Crippen LogP contribution in [0.15, 0.2) is 0 Å². The summed E-state index contributed by atoms with van der Waals surface area (Å²) in [6, 6.07) is -3.07. The van der Waals surface area contributed by atoms with Crippen molar-refractivity contribution in [3.05, 3.63) is 0 Å². The van der Waals surface area contributed by atoms with Crippen LogP contribution in [0.1, 0.15) is 40.0 Å². The van der Waals surface area contributed by atoms with Crippen molar-refractivity contribution in [1.82, 2.24) is 4.90 Å². The van der Waals surface area contributed by atoms with E-state index in [-0.39, 0.29) is 13.0 Å². The maximum atomic E-state index is 12.7. The Kier molecular flexibility index (Phi) is 4.71. The fourth-order valence-corrected chi connectivity index (χ4v) is 2.10. The molecule has 0 aromatic carbocycles. The monoisotopic (exact) mass is 282 g/mol. The molecule has 0 bridgehead atoms. The molecular weight excluding hydrogens is 261 g/mol. The van der Waals surface area contributed by atoms with Crippen LogP contribution in [0.5, 0.6) is 0 Å². The first-order chi connectivity index (χ1) is 8.52. The fourth-order valence-electron chi connectivity index (χ4n) is 2.10. The van der Waals surface area contributed by atoms with Crippen molar-refractivity contribution in [2.24, 2.45) is 5.73 Å². The molecule has 0 aromatic rings. The number of alkyl halides is 3. The van der Waals surface area contributed by atoms with E-state index in [1.807, 2.05) is 0 Å². The Labute approximate surface area is 111 Å². The van der Waals surface area contributed by atoms with Gasteiger partial charge in [0.15, 0.2) is 0 Å². The van der Waals surface area contributed by atoms with Gasteiger partial charge in [-0.15, -0.1) is 0 Å². The molecule has 0 aliphatic carbocycles. The Hall–Kier alpha value is -0.980. The summed E-state index contributed by atoms with van der Waals surface area (Å²) in [6.45, 7) is 5.28. The molecule has 1 fully saturated rings. The summed E-state index contributed by atoms with van der Waals surface area (Å²) in [6.07, 6.45) is -3.69. The molecule has 1 rings (SSSR count). The van der Waals surface area contributed by atoms with Crippen LogP contribution in [0.3, 0.4) is 0 Å². The van der Waals surface area contributed by atoms with Crippen molar-refractivity contribution in [3.8, 4) is 0 Å². The number of hydrogen-bond acceptors (Lipinski definition) is 3. The molecule has 0 aromatic heterocycles. The van der Waals surface area contributed by atoms with Gasteiger partial charge in [0.25, 0.3) is 0 Å². The number of amides is 1. The molecule has 0 radical (unpaired) electrons. The number of carbonyl (C=O) groups is 1. The molecule has 4 nitrogen and oxygen atoms in total. The van der Waals surface area contributed by atoms with Crippen molar-refractivity contribution in [2.45, 2.75) is 63.9 Å². The number of halogens is 3. The number of carbonyl (C=O) groups excluding carboxylic acids is 1. The predicted molar refractivity (Wildman–Crippen MR) is 64.6 cm³/mol. The minimum atomic E-state index is -4.51. The molecule has 1 saturated heterocycles. The van der Waals surface area contributed by atoms with Gasteiger partial charge in [-0.2, -0.15) is 13.2 Å². The van der Waals surface area contributed by atoms with Crippen LogP contribution >= 0.6 is 0 Å². The Morgan fingerprint density at radius 3 is 2.37 bits per heavy atom. The third-order valence-corrected chi connectivity index (χ3v) is 2.97. The average molecular weight is 282 g/mol. The first-order valence-corrected chi connectivity index (χ1v) is 6.34. The molecule has 2 N–H and O–H groups in total. The smallest absolute Gasteiger partial charge is 0.410 e. The first-order valence-electron chi connectivity index (χ1n) is 6.34. The Morgan fingerprint density at radius 1 is 1.32 bits per heavy atom. The third-order valence-electron chi connectivity index (χ3n) is 2.97. The van der Waals surface area contributed by atoms with Crippen molar-refractivity contribution < 1.29 is 22.7 Å². The minimum Gasteiger partial charge on any atom is -0.444 e. The van der Waals surface area contributed by atoms with Crippen LogP contribution in [-0.4, -0.2) is 41.4 Å². The van der Waals surface area contributed by atoms with Gasteiger partial charge in [-0.1, -0.05) is 0 Å². The lowest BCUT2D eigenvalue weighted by molar-refractivity contribution is -0.163. The summed E-state index contributed by atoms with van der Waals surface area (Å²) < 4.78 is 43.2. The van der Waals surface area contributed by atoms with E-state index in [0.717, 1.165) is 4.90 Å². The van der Waals surface area contributed by atoms with Gasteiger partial charge >= 0.3 is 12.3 Å². The maximum Gasteiger partial charge on any atom is 0.410 e. The number of rotatable bonds is 1. The second kappa shape index (κ2) is 5.56. The van der Waals surface area contributed by atoms with Gasteiger partial charge in [0.1, 0.15) is 11.6 Å². The highest BCUT2D eigenvalue weighted by atomic mass is 19.4. The lowest BCUT2D eigenvalue weighted by Crippen LogP contribution is -2.58. The van der Waals surface area contributed by atoms with Crippen LogP contribution in [0.2, 0.25) is 0 Å². The number of hydrogen-bond donors (Lipinski definition) is 1. The van der Waals surface area contributed by atoms with Crippen LogP contribution in [0.4, 0.5) is 18.0 Å². The summed E-state index contributed by atoms with van der Waals surface area (Å²) in [5.41, 5.74) is 4.51. The van der Waals surface area contributed by atoms with Gasteiger partial charge < -0.3 is 15.4 Å². The fraction of sp³-hybridized carbons (Fsp3) is 0.917. The second-order valence-corrected chi connectivity index (χ2v) is 5.80. The quantitative estimate of drug-likeness (QED) is 0.804. The molecule has 112 valence electrons. The third kappa shape index (κ3) is 4.56. The number of likely N-dealkylation sites (tertiary alicyclic amines) is 1. The van der Waals surface area contributed by atoms with Crippen LogP contribution in [0.25, 0.3) is 0 Å². The molecule has 7 heteroatoms. The van der Waals surface area contributed by atoms with E-state index < -0.39 is 30.0 Å². The zero-order valence-electron chi connectivity index (χ0n) is 11.5. The lowest BCUT2D eigenvalue weighted by Gasteiger charge is -2.39. The highest BCUT2D eigenvalue weighted by Gasteiger charge is 2.46. The molecule has 1 aliphatic heterocycles. The van der Waals surface area contributed by atoms with Gasteiger partial charge in [-0.3, -0.25) is 0 Å². The standard InChI is InChI=1S/C12H21F3N2O2/c1-11(2,3)19-10(18)17-7-5-4-6-8(17)9(16)12(13,14)15/h8-9H,4-7,16H2,1-3H3. The first kappa shape index (κ1) is 16.1. The molecule has 0 spiro atoms. The Morgan fingerprint density at radius 2 is 1.89 bits per heavy atom. The Bertz CT molecular complexity index is 326. The van der Waals surface area contributed by atoms with E-state index in [0.29, 0.717) is 12.8 Å². The molecule has 2 atom stereocenters. The van der Waals surface area contributed by atoms with E-state index in [2.05, 4.69) is 0 Å². The number of nitrogens with two attached hydrogens (primary N) is 1. The highest BCUT2D eigenvalue weighted by Crippen LogP contribution is 2.29. The average Bonchev–Trinajstić information content (AvgIpc) is 2.24. The zero-order chi connectivity index (χ0) is 14.8. The second-order valence-electron chi connectivity index (χ2n) is 5.80. The van der Waals surface area contributed by atoms with Crippen LogP contribution in [-0.2, 0) is 4.74 Å². The molecular formula is C12H21F3N2O2. The van der Waals surface area contributed by atoms with Gasteiger partial charge in [0.2, 0.25) is 0 Å². The SMILES string of the molecule is CC(C)(C)OC(=O)N1CCCCC1C(N)C(F)(F)F. The normalized spacial score (nSPS) is 23.1. The van der Waals surface area contributed by atoms with Gasteiger partial charge in [0.05, 0.1) is 6.04 Å². The van der Waals surface area contributed by atoms with E-state index in [1.165, 1.54) is 0 Å². The maximum absolute atomic E-state index is 12.7. The van der Waals surface area contributed by atoms with E-state index in [9.17, 15) is 18.0 Å². The lowest BCUT2D eigenvalue weighted by atomic mass is 9.96. The van der Waals surface area contributed by atoms with Gasteiger partial charge in [-0.25, -0.2) is 4.79 Å². The summed E-state index contributed by atoms with van der Waals surface area (Å²) >= 11 is 0. The molecule has 1 aliphatic rings. The van der Waals surface area contributed by atoms with E-state index in [4.69, 9.17) is 10.5 Å². The number of nitrogens with zero attached hydrogens (tertiary/aromatic N) is 1. The number of piperidine rings is 1. The summed E-state index contributed by atoms with van der Waals surface area (Å²) in [4.78, 5) is 13.1. The largest absolute Gasteiger partial charge is 0.444 e. The Balaban J connectivity index is 2.81. The summed E-state index contributed by atoms with van der Waals surface area (Å²) in [5.74, 6) is 0. The van der Waals surface area contributed by atoms with E-state index >= 15 is 0 Å². The van der Waals surface area contributed by atoms with Crippen molar-refractivity contribution in [2.75, 3.05) is 6.54 Å². The zero-order valence-corrected chi connectivity index (χ0v) is 11.5. The minimum absolute atomic E-state index is 0.250. The predicted octanol–water partition coefficient (Wildman–Crippen LogP) is 2.67. The van der Waals surface area contributed by atoms with E-state index in [1.54, 1.807) is 20.8 Å². The summed E-state index contributed by atoms with van der Waals surface area (Å²) in [7, 11) is 0. The van der Waals surface area contributed by atoms with Crippen LogP contribution in [0, 0.1) is 0 Å². The van der Waals surface area contributed by atoms with Gasteiger partial charge in [0, 0.05) is 6.54 Å². The highest BCUT2D eigenvalue weighted by molar-refractivity contribution is 5.68. The number of ether oxygens (including phenoxy) is 1. The van der Waals surface area contributed by atoms with Gasteiger partial charge in [-0.05, 0) is 40.0 Å². The molecule has 1 amide bonds. The molecule has 19 heavy (non-hydrogen) atoms. The molecule has 1 heterocycles. The topological polar surface area (TPSA) is 55.6 Å². The van der Waals surface area contributed by atoms with Crippen molar-refractivity contribution in [3.63, 3.8) is 0 Å². The van der Waals surface area contributed by atoms with Crippen molar-refractivity contribution >= 4 is 6.09 Å². The molecule has 2 unspecified atom stereocenters. The van der Waals surface area contributed by atoms with Crippen molar-refractivity contribution in [1.29, 1.82) is 0 Å². The summed E-state index contributed by atoms with van der Waals surface area (Å²) in [5, 5.41) is 0. The van der Waals surface area contributed by atoms with Crippen LogP contribution < -0.4 is 5.73 Å². The molecule has 0 saturated carbocycles.